The summed E-state index contributed by atoms with van der Waals surface area (Å²) in [4.78, 5) is 13.4. The second-order valence-electron chi connectivity index (χ2n) is 7.36. The number of esters is 1. The second kappa shape index (κ2) is 9.32. The van der Waals surface area contributed by atoms with Gasteiger partial charge in [0, 0.05) is 0 Å². The Morgan fingerprint density at radius 2 is 1.59 bits per heavy atom. The van der Waals surface area contributed by atoms with Crippen molar-refractivity contribution in [1.82, 2.24) is 0 Å². The lowest BCUT2D eigenvalue weighted by Crippen LogP contribution is -2.44. The highest BCUT2D eigenvalue weighted by Crippen LogP contribution is 2.48. The van der Waals surface area contributed by atoms with Gasteiger partial charge in [-0.15, -0.1) is 0 Å². The Morgan fingerprint density at radius 1 is 1.00 bits per heavy atom. The molecule has 0 aromatic heterocycles. The van der Waals surface area contributed by atoms with E-state index in [0.717, 1.165) is 16.8 Å². The number of anilines is 1. The van der Waals surface area contributed by atoms with Crippen LogP contribution < -0.4 is 5.01 Å². The molecule has 0 amide bonds. The Labute approximate surface area is 187 Å². The molecule has 0 saturated carbocycles. The summed E-state index contributed by atoms with van der Waals surface area (Å²) in [5.74, 6) is -0.605. The normalized spacial score (nSPS) is 20.1. The maximum atomic E-state index is 13.4. The fourth-order valence-corrected chi connectivity index (χ4v) is 3.92. The highest BCUT2D eigenvalue weighted by Gasteiger charge is 2.59. The molecule has 2 unspecified atom stereocenters. The molecule has 3 aromatic rings. The largest absolute Gasteiger partial charge is 0.464 e. The van der Waals surface area contributed by atoms with E-state index >= 15 is 0 Å². The summed E-state index contributed by atoms with van der Waals surface area (Å²) in [5, 5.41) is 17.0. The van der Waals surface area contributed by atoms with Crippen LogP contribution in [0.2, 0.25) is 0 Å². The van der Waals surface area contributed by atoms with Gasteiger partial charge in [-0.1, -0.05) is 84.9 Å². The van der Waals surface area contributed by atoms with Crippen molar-refractivity contribution < 1.29 is 9.53 Å². The van der Waals surface area contributed by atoms with Crippen LogP contribution in [0.5, 0.6) is 0 Å². The molecule has 0 fully saturated rings. The Hall–Kier alpha value is -4.17. The number of nitriles is 1. The number of carbonyl (C=O) groups is 1. The zero-order chi connectivity index (χ0) is 22.4. The van der Waals surface area contributed by atoms with Crippen molar-refractivity contribution in [1.29, 1.82) is 5.26 Å². The molecular weight excluding hydrogens is 398 g/mol. The lowest BCUT2D eigenvalue weighted by molar-refractivity contribution is -0.149. The summed E-state index contributed by atoms with van der Waals surface area (Å²) >= 11 is 0. The monoisotopic (exact) mass is 421 g/mol. The molecule has 1 aliphatic heterocycles. The first-order valence-corrected chi connectivity index (χ1v) is 10.5. The molecule has 0 saturated heterocycles. The van der Waals surface area contributed by atoms with Crippen LogP contribution in [0.1, 0.15) is 24.1 Å². The van der Waals surface area contributed by atoms with Crippen molar-refractivity contribution in [3.63, 3.8) is 0 Å². The van der Waals surface area contributed by atoms with E-state index in [4.69, 9.17) is 9.84 Å². The highest BCUT2D eigenvalue weighted by molar-refractivity contribution is 6.19. The van der Waals surface area contributed by atoms with Crippen LogP contribution in [0, 0.1) is 16.7 Å². The number of carbonyl (C=O) groups excluding carboxylic acids is 1. The molecule has 5 heteroatoms. The number of benzene rings is 3. The van der Waals surface area contributed by atoms with Crippen LogP contribution in [0.15, 0.2) is 102 Å². The van der Waals surface area contributed by atoms with Gasteiger partial charge in [0.25, 0.3) is 0 Å². The first-order chi connectivity index (χ1) is 15.7. The zero-order valence-electron chi connectivity index (χ0n) is 17.8. The number of rotatable bonds is 6. The van der Waals surface area contributed by atoms with Crippen LogP contribution in [0.25, 0.3) is 6.08 Å². The average molecular weight is 422 g/mol. The van der Waals surface area contributed by atoms with E-state index in [-0.39, 0.29) is 6.61 Å². The third-order valence-electron chi connectivity index (χ3n) is 5.42. The van der Waals surface area contributed by atoms with Gasteiger partial charge in [-0.3, -0.25) is 5.01 Å². The van der Waals surface area contributed by atoms with E-state index in [9.17, 15) is 10.1 Å². The summed E-state index contributed by atoms with van der Waals surface area (Å²) in [6, 6.07) is 30.4. The van der Waals surface area contributed by atoms with Gasteiger partial charge in [0.1, 0.15) is 6.04 Å². The number of hydrogen-bond acceptors (Lipinski definition) is 5. The van der Waals surface area contributed by atoms with E-state index in [1.165, 1.54) is 0 Å². The molecule has 0 aliphatic carbocycles. The lowest BCUT2D eigenvalue weighted by Gasteiger charge is -2.32. The Balaban J connectivity index is 1.91. The minimum Gasteiger partial charge on any atom is -0.464 e. The van der Waals surface area contributed by atoms with Gasteiger partial charge in [0.15, 0.2) is 0 Å². The minimum absolute atomic E-state index is 0.171. The first kappa shape index (κ1) is 21.1. The van der Waals surface area contributed by atoms with E-state index in [1.54, 1.807) is 18.0 Å². The van der Waals surface area contributed by atoms with Crippen LogP contribution >= 0.6 is 0 Å². The number of allylic oxidation sites excluding steroid dienone is 1. The van der Waals surface area contributed by atoms with Crippen molar-refractivity contribution in [3.05, 3.63) is 108 Å². The Kier molecular flexibility index (Phi) is 6.14. The third kappa shape index (κ3) is 3.79. The number of nitrogens with zero attached hydrogens (tertiary/aromatic N) is 3. The third-order valence-corrected chi connectivity index (χ3v) is 5.42. The molecule has 32 heavy (non-hydrogen) atoms. The van der Waals surface area contributed by atoms with Crippen molar-refractivity contribution >= 4 is 23.4 Å². The summed E-state index contributed by atoms with van der Waals surface area (Å²) in [6.07, 6.45) is 3.61. The Bertz CT molecular complexity index is 1170. The molecule has 4 rings (SSSR count). The molecule has 0 N–H and O–H groups in total. The molecule has 0 spiro atoms. The minimum atomic E-state index is -1.63. The van der Waals surface area contributed by atoms with E-state index < -0.39 is 17.4 Å². The van der Waals surface area contributed by atoms with Crippen LogP contribution in [-0.4, -0.2) is 18.3 Å². The fraction of sp³-hybridized carbons (Fsp3) is 0.148. The van der Waals surface area contributed by atoms with Crippen LogP contribution in [-0.2, 0) is 9.53 Å². The van der Waals surface area contributed by atoms with Gasteiger partial charge in [-0.25, -0.2) is 4.79 Å². The van der Waals surface area contributed by atoms with Gasteiger partial charge < -0.3 is 4.74 Å². The SMILES string of the molecule is CCOC(=O)C1(C#N)C(C=Cc2ccccc2)=NN(c2ccccc2)C1c1ccccc1. The topological polar surface area (TPSA) is 65.7 Å². The molecule has 1 heterocycles. The number of ether oxygens (including phenoxy) is 1. The fourth-order valence-electron chi connectivity index (χ4n) is 3.92. The molecular formula is C27H23N3O2. The first-order valence-electron chi connectivity index (χ1n) is 10.5. The standard InChI is InChI=1S/C27H23N3O2/c1-2-32-26(31)27(20-28)24(19-18-21-12-6-3-7-13-21)29-30(23-16-10-5-11-17-23)25(27)22-14-8-4-9-15-22/h3-19,25H,2H2,1H3. The van der Waals surface area contributed by atoms with Crippen molar-refractivity contribution in [2.75, 3.05) is 11.6 Å². The van der Waals surface area contributed by atoms with Gasteiger partial charge >= 0.3 is 5.97 Å². The summed E-state index contributed by atoms with van der Waals surface area (Å²) < 4.78 is 5.44. The van der Waals surface area contributed by atoms with Crippen LogP contribution in [0.4, 0.5) is 5.69 Å². The highest BCUT2D eigenvalue weighted by atomic mass is 16.5. The predicted octanol–water partition coefficient (Wildman–Crippen LogP) is 5.39. The van der Waals surface area contributed by atoms with Crippen molar-refractivity contribution in [3.8, 4) is 6.07 Å². The molecule has 0 radical (unpaired) electrons. The molecule has 0 bridgehead atoms. The smallest absolute Gasteiger partial charge is 0.335 e. The Morgan fingerprint density at radius 3 is 2.19 bits per heavy atom. The van der Waals surface area contributed by atoms with Crippen LogP contribution in [0.3, 0.4) is 0 Å². The molecule has 1 aliphatic rings. The number of hydrogen-bond donors (Lipinski definition) is 0. The van der Waals surface area contributed by atoms with Gasteiger partial charge in [0.05, 0.1) is 24.1 Å². The number of para-hydroxylation sites is 1. The van der Waals surface area contributed by atoms with Gasteiger partial charge in [-0.2, -0.15) is 10.4 Å². The second-order valence-corrected chi connectivity index (χ2v) is 7.36. The number of hydrazone groups is 1. The quantitative estimate of drug-likeness (QED) is 0.501. The van der Waals surface area contributed by atoms with Gasteiger partial charge in [0.2, 0.25) is 5.41 Å². The molecule has 3 aromatic carbocycles. The van der Waals surface area contributed by atoms with Gasteiger partial charge in [-0.05, 0) is 36.3 Å². The summed E-state index contributed by atoms with van der Waals surface area (Å²) in [6.45, 7) is 1.91. The summed E-state index contributed by atoms with van der Waals surface area (Å²) in [5.41, 5.74) is 1.25. The van der Waals surface area contributed by atoms with E-state index in [0.29, 0.717) is 5.71 Å². The summed E-state index contributed by atoms with van der Waals surface area (Å²) in [7, 11) is 0. The van der Waals surface area contributed by atoms with E-state index in [1.807, 2.05) is 97.1 Å². The maximum Gasteiger partial charge on any atom is 0.335 e. The lowest BCUT2D eigenvalue weighted by atomic mass is 9.74. The maximum absolute atomic E-state index is 13.4. The molecule has 5 nitrogen and oxygen atoms in total. The van der Waals surface area contributed by atoms with Crippen molar-refractivity contribution in [2.24, 2.45) is 10.5 Å². The molecule has 2 atom stereocenters. The van der Waals surface area contributed by atoms with Crippen molar-refractivity contribution in [2.45, 2.75) is 13.0 Å². The molecule has 158 valence electrons. The predicted molar refractivity (Wildman–Crippen MR) is 126 cm³/mol. The zero-order valence-corrected chi connectivity index (χ0v) is 17.8. The van der Waals surface area contributed by atoms with E-state index in [2.05, 4.69) is 6.07 Å². The average Bonchev–Trinajstić information content (AvgIpc) is 3.20.